The lowest BCUT2D eigenvalue weighted by Gasteiger charge is -2.10. The van der Waals surface area contributed by atoms with Crippen LogP contribution >= 0.6 is 0 Å². The van der Waals surface area contributed by atoms with Crippen molar-refractivity contribution in [3.8, 4) is 0 Å². The molecule has 0 saturated heterocycles. The topological polar surface area (TPSA) is 49.3 Å². The summed E-state index contributed by atoms with van der Waals surface area (Å²) >= 11 is 0. The van der Waals surface area contributed by atoms with Crippen molar-refractivity contribution in [1.82, 2.24) is 0 Å². The maximum Gasteiger partial charge on any atom is 0.340 e. The number of carboxylic acid groups (broad SMARTS) is 1. The average molecular weight is 253 g/mol. The van der Waals surface area contributed by atoms with Crippen LogP contribution in [0.5, 0.6) is 0 Å². The van der Waals surface area contributed by atoms with E-state index in [0.29, 0.717) is 18.2 Å². The smallest absolute Gasteiger partial charge is 0.340 e. The molecule has 0 aliphatic heterocycles. The van der Waals surface area contributed by atoms with Crippen molar-refractivity contribution in [2.75, 3.05) is 11.9 Å². The fraction of sp³-hybridized carbons (Fsp3) is 0.500. The molecular weight excluding hydrogens is 233 g/mol. The number of benzene rings is 1. The Bertz CT molecular complexity index is 405. The first-order valence-corrected chi connectivity index (χ1v) is 6.28. The minimum atomic E-state index is -1.24. The number of nitrogens with one attached hydrogen (secondary N) is 1. The number of rotatable bonds is 7. The van der Waals surface area contributed by atoms with Gasteiger partial charge in [0, 0.05) is 6.54 Å². The quantitative estimate of drug-likeness (QED) is 0.727. The van der Waals surface area contributed by atoms with Crippen LogP contribution in [0.2, 0.25) is 0 Å². The Hall–Kier alpha value is -1.58. The standard InChI is InChI=1S/C14H20FNO2/c1-10(2)6-3-4-9-16-12-8-5-7-11(15)13(12)14(17)18/h5,7-8,10,16H,3-4,6,9H2,1-2H3,(H,17,18). The first-order chi connectivity index (χ1) is 8.52. The van der Waals surface area contributed by atoms with Crippen molar-refractivity contribution in [2.24, 2.45) is 5.92 Å². The third kappa shape index (κ3) is 4.35. The van der Waals surface area contributed by atoms with Crippen molar-refractivity contribution in [3.05, 3.63) is 29.6 Å². The van der Waals surface area contributed by atoms with Gasteiger partial charge in [0.05, 0.1) is 5.69 Å². The average Bonchev–Trinajstić information content (AvgIpc) is 2.27. The zero-order chi connectivity index (χ0) is 13.5. The van der Waals surface area contributed by atoms with E-state index in [0.717, 1.165) is 25.3 Å². The zero-order valence-electron chi connectivity index (χ0n) is 10.9. The molecular formula is C14H20FNO2. The second-order valence-corrected chi connectivity index (χ2v) is 4.78. The van der Waals surface area contributed by atoms with Crippen LogP contribution in [-0.4, -0.2) is 17.6 Å². The number of unbranched alkanes of at least 4 members (excludes halogenated alkanes) is 1. The second-order valence-electron chi connectivity index (χ2n) is 4.78. The summed E-state index contributed by atoms with van der Waals surface area (Å²) in [6.45, 7) is 5.00. The predicted molar refractivity (Wildman–Crippen MR) is 70.5 cm³/mol. The molecule has 0 atom stereocenters. The Morgan fingerprint density at radius 1 is 1.39 bits per heavy atom. The molecule has 2 N–H and O–H groups in total. The van der Waals surface area contributed by atoms with Gasteiger partial charge in [-0.2, -0.15) is 0 Å². The van der Waals surface area contributed by atoms with Crippen molar-refractivity contribution in [1.29, 1.82) is 0 Å². The molecule has 0 saturated carbocycles. The summed E-state index contributed by atoms with van der Waals surface area (Å²) in [6, 6.07) is 4.26. The molecule has 0 fully saturated rings. The summed E-state index contributed by atoms with van der Waals surface area (Å²) in [5.74, 6) is -1.26. The van der Waals surface area contributed by atoms with Gasteiger partial charge >= 0.3 is 5.97 Å². The molecule has 1 aromatic rings. The van der Waals surface area contributed by atoms with Crippen LogP contribution in [0.3, 0.4) is 0 Å². The second kappa shape index (κ2) is 6.99. The lowest BCUT2D eigenvalue weighted by atomic mass is 10.1. The lowest BCUT2D eigenvalue weighted by Crippen LogP contribution is -2.09. The molecule has 4 heteroatoms. The van der Waals surface area contributed by atoms with E-state index in [4.69, 9.17) is 5.11 Å². The molecule has 100 valence electrons. The lowest BCUT2D eigenvalue weighted by molar-refractivity contribution is 0.0693. The van der Waals surface area contributed by atoms with Crippen LogP contribution in [0, 0.1) is 11.7 Å². The number of hydrogen-bond acceptors (Lipinski definition) is 2. The van der Waals surface area contributed by atoms with Crippen LogP contribution < -0.4 is 5.32 Å². The Morgan fingerprint density at radius 2 is 2.11 bits per heavy atom. The molecule has 1 rings (SSSR count). The molecule has 0 bridgehead atoms. The van der Waals surface area contributed by atoms with Gasteiger partial charge in [-0.15, -0.1) is 0 Å². The van der Waals surface area contributed by atoms with E-state index < -0.39 is 11.8 Å². The van der Waals surface area contributed by atoms with E-state index in [1.54, 1.807) is 6.07 Å². The van der Waals surface area contributed by atoms with Gasteiger partial charge in [-0.1, -0.05) is 32.8 Å². The molecule has 3 nitrogen and oxygen atoms in total. The minimum Gasteiger partial charge on any atom is -0.478 e. The van der Waals surface area contributed by atoms with E-state index in [1.165, 1.54) is 6.07 Å². The van der Waals surface area contributed by atoms with Gasteiger partial charge in [-0.3, -0.25) is 0 Å². The summed E-state index contributed by atoms with van der Waals surface area (Å²) in [5, 5.41) is 11.9. The van der Waals surface area contributed by atoms with Gasteiger partial charge in [0.25, 0.3) is 0 Å². The fourth-order valence-corrected chi connectivity index (χ4v) is 1.79. The molecule has 0 unspecified atom stereocenters. The number of anilines is 1. The molecule has 0 radical (unpaired) electrons. The van der Waals surface area contributed by atoms with Gasteiger partial charge in [-0.25, -0.2) is 9.18 Å². The third-order valence-corrected chi connectivity index (χ3v) is 2.75. The first-order valence-electron chi connectivity index (χ1n) is 6.28. The fourth-order valence-electron chi connectivity index (χ4n) is 1.79. The van der Waals surface area contributed by atoms with Gasteiger partial charge in [-0.05, 0) is 24.5 Å². The Balaban J connectivity index is 2.52. The molecule has 0 aromatic heterocycles. The van der Waals surface area contributed by atoms with Crippen molar-refractivity contribution in [2.45, 2.75) is 33.1 Å². The molecule has 0 spiro atoms. The maximum atomic E-state index is 13.4. The minimum absolute atomic E-state index is 0.277. The van der Waals surface area contributed by atoms with E-state index in [9.17, 15) is 9.18 Å². The van der Waals surface area contributed by atoms with Crippen LogP contribution in [-0.2, 0) is 0 Å². The molecule has 0 amide bonds. The number of halogens is 1. The molecule has 0 aliphatic carbocycles. The Kier molecular flexibility index (Phi) is 5.62. The van der Waals surface area contributed by atoms with Gasteiger partial charge in [0.2, 0.25) is 0 Å². The van der Waals surface area contributed by atoms with Crippen LogP contribution in [0.25, 0.3) is 0 Å². The molecule has 0 heterocycles. The normalized spacial score (nSPS) is 10.7. The highest BCUT2D eigenvalue weighted by atomic mass is 19.1. The Morgan fingerprint density at radius 3 is 2.72 bits per heavy atom. The monoisotopic (exact) mass is 253 g/mol. The molecule has 18 heavy (non-hydrogen) atoms. The van der Waals surface area contributed by atoms with Crippen LogP contribution in [0.4, 0.5) is 10.1 Å². The first kappa shape index (κ1) is 14.5. The van der Waals surface area contributed by atoms with E-state index in [-0.39, 0.29) is 5.56 Å². The number of carboxylic acids is 1. The van der Waals surface area contributed by atoms with E-state index >= 15 is 0 Å². The maximum absolute atomic E-state index is 13.4. The number of hydrogen-bond donors (Lipinski definition) is 2. The van der Waals surface area contributed by atoms with Crippen LogP contribution in [0.1, 0.15) is 43.5 Å². The zero-order valence-corrected chi connectivity index (χ0v) is 10.9. The molecule has 1 aromatic carbocycles. The van der Waals surface area contributed by atoms with Gasteiger partial charge in [0.1, 0.15) is 11.4 Å². The summed E-state index contributed by atoms with van der Waals surface area (Å²) in [5.41, 5.74) is 0.0772. The van der Waals surface area contributed by atoms with Gasteiger partial charge in [0.15, 0.2) is 0 Å². The van der Waals surface area contributed by atoms with Crippen molar-refractivity contribution in [3.63, 3.8) is 0 Å². The molecule has 0 aliphatic rings. The highest BCUT2D eigenvalue weighted by Crippen LogP contribution is 2.19. The number of carbonyl (C=O) groups is 1. The highest BCUT2D eigenvalue weighted by Gasteiger charge is 2.14. The summed E-state index contributed by atoms with van der Waals surface area (Å²) in [7, 11) is 0. The summed E-state index contributed by atoms with van der Waals surface area (Å²) in [6.07, 6.45) is 3.19. The Labute approximate surface area is 107 Å². The number of aromatic carboxylic acids is 1. The van der Waals surface area contributed by atoms with Crippen molar-refractivity contribution >= 4 is 11.7 Å². The SMILES string of the molecule is CC(C)CCCCNc1cccc(F)c1C(=O)O. The van der Waals surface area contributed by atoms with E-state index in [1.807, 2.05) is 0 Å². The predicted octanol–water partition coefficient (Wildman–Crippen LogP) is 3.76. The van der Waals surface area contributed by atoms with Crippen molar-refractivity contribution < 1.29 is 14.3 Å². The summed E-state index contributed by atoms with van der Waals surface area (Å²) in [4.78, 5) is 10.9. The summed E-state index contributed by atoms with van der Waals surface area (Å²) < 4.78 is 13.4. The van der Waals surface area contributed by atoms with E-state index in [2.05, 4.69) is 19.2 Å². The third-order valence-electron chi connectivity index (χ3n) is 2.75. The van der Waals surface area contributed by atoms with Crippen LogP contribution in [0.15, 0.2) is 18.2 Å². The largest absolute Gasteiger partial charge is 0.478 e. The van der Waals surface area contributed by atoms with Gasteiger partial charge < -0.3 is 10.4 Å². The highest BCUT2D eigenvalue weighted by molar-refractivity contribution is 5.94.